The first kappa shape index (κ1) is 9.69. The van der Waals surface area contributed by atoms with Crippen LogP contribution in [-0.4, -0.2) is 18.3 Å². The number of rotatable bonds is 1. The minimum atomic E-state index is -0.734. The van der Waals surface area contributed by atoms with Crippen LogP contribution in [0.15, 0.2) is 12.1 Å². The van der Waals surface area contributed by atoms with Crippen LogP contribution in [0, 0.1) is 20.8 Å². The minimum absolute atomic E-state index is 0.427. The average molecular weight is 192 g/mol. The molecule has 76 valence electrons. The highest BCUT2D eigenvalue weighted by molar-refractivity contribution is 5.42. The van der Waals surface area contributed by atoms with Crippen LogP contribution in [0.25, 0.3) is 0 Å². The normalized spacial score (nSPS) is 19.1. The van der Waals surface area contributed by atoms with Gasteiger partial charge in [-0.1, -0.05) is 12.1 Å². The highest BCUT2D eigenvalue weighted by Gasteiger charge is 2.39. The summed E-state index contributed by atoms with van der Waals surface area (Å²) >= 11 is 0. The Hall–Kier alpha value is -0.860. The van der Waals surface area contributed by atoms with E-state index >= 15 is 0 Å². The third kappa shape index (κ3) is 1.26. The summed E-state index contributed by atoms with van der Waals surface area (Å²) in [4.78, 5) is 0. The summed E-state index contributed by atoms with van der Waals surface area (Å²) in [5.41, 5.74) is 4.02. The summed E-state index contributed by atoms with van der Waals surface area (Å²) in [6.45, 7) is 7.10. The third-order valence-electron chi connectivity index (χ3n) is 3.24. The van der Waals surface area contributed by atoms with Gasteiger partial charge in [0.05, 0.1) is 13.2 Å². The molecule has 0 unspecified atom stereocenters. The van der Waals surface area contributed by atoms with Crippen LogP contribution in [0.5, 0.6) is 0 Å². The van der Waals surface area contributed by atoms with E-state index in [1.807, 2.05) is 6.07 Å². The Balaban J connectivity index is 2.49. The van der Waals surface area contributed by atoms with E-state index in [9.17, 15) is 5.11 Å². The molecule has 1 aliphatic heterocycles. The van der Waals surface area contributed by atoms with Crippen molar-refractivity contribution in [2.75, 3.05) is 13.2 Å². The van der Waals surface area contributed by atoms with E-state index in [1.54, 1.807) is 0 Å². The Kier molecular flexibility index (Phi) is 2.13. The molecular weight excluding hydrogens is 176 g/mol. The van der Waals surface area contributed by atoms with Crippen molar-refractivity contribution in [2.45, 2.75) is 26.4 Å². The molecule has 1 N–H and O–H groups in total. The molecule has 0 radical (unpaired) electrons. The van der Waals surface area contributed by atoms with Gasteiger partial charge in [-0.3, -0.25) is 0 Å². The predicted octanol–water partition coefficient (Wildman–Crippen LogP) is 1.83. The van der Waals surface area contributed by atoms with Gasteiger partial charge in [-0.2, -0.15) is 0 Å². The first-order valence-corrected chi connectivity index (χ1v) is 4.92. The Morgan fingerprint density at radius 2 is 1.79 bits per heavy atom. The van der Waals surface area contributed by atoms with Gasteiger partial charge in [0.25, 0.3) is 0 Å². The Morgan fingerprint density at radius 1 is 1.14 bits per heavy atom. The lowest BCUT2D eigenvalue weighted by atomic mass is 9.85. The van der Waals surface area contributed by atoms with Crippen LogP contribution in [0.4, 0.5) is 0 Å². The number of benzene rings is 1. The zero-order chi connectivity index (χ0) is 10.3. The maximum absolute atomic E-state index is 10.2. The van der Waals surface area contributed by atoms with Gasteiger partial charge in [0.2, 0.25) is 0 Å². The molecular formula is C12H16O2. The lowest BCUT2D eigenvalue weighted by Gasteiger charge is -2.38. The van der Waals surface area contributed by atoms with Crippen molar-refractivity contribution in [3.8, 4) is 0 Å². The van der Waals surface area contributed by atoms with Gasteiger partial charge in [-0.25, -0.2) is 0 Å². The summed E-state index contributed by atoms with van der Waals surface area (Å²) in [5.74, 6) is 0. The second-order valence-electron chi connectivity index (χ2n) is 4.20. The van der Waals surface area contributed by atoms with E-state index in [2.05, 4.69) is 26.8 Å². The molecule has 1 heterocycles. The first-order valence-electron chi connectivity index (χ1n) is 4.92. The maximum Gasteiger partial charge on any atom is 0.136 e. The van der Waals surface area contributed by atoms with E-state index in [0.717, 1.165) is 5.56 Å². The zero-order valence-electron chi connectivity index (χ0n) is 8.92. The molecule has 1 fully saturated rings. The van der Waals surface area contributed by atoms with Gasteiger partial charge in [-0.15, -0.1) is 0 Å². The van der Waals surface area contributed by atoms with E-state index in [1.165, 1.54) is 16.7 Å². The molecule has 0 amide bonds. The molecule has 0 atom stereocenters. The SMILES string of the molecule is Cc1ccc(C2(O)COC2)c(C)c1C. The monoisotopic (exact) mass is 192 g/mol. The van der Waals surface area contributed by atoms with Crippen LogP contribution >= 0.6 is 0 Å². The Labute approximate surface area is 84.5 Å². The van der Waals surface area contributed by atoms with E-state index < -0.39 is 5.60 Å². The molecule has 14 heavy (non-hydrogen) atoms. The van der Waals surface area contributed by atoms with Crippen molar-refractivity contribution >= 4 is 0 Å². The largest absolute Gasteiger partial charge is 0.380 e. The van der Waals surface area contributed by atoms with Gasteiger partial charge in [0.1, 0.15) is 5.60 Å². The summed E-state index contributed by atoms with van der Waals surface area (Å²) in [6, 6.07) is 4.08. The molecule has 1 aromatic carbocycles. The van der Waals surface area contributed by atoms with Gasteiger partial charge in [0.15, 0.2) is 0 Å². The molecule has 0 aromatic heterocycles. The molecule has 2 rings (SSSR count). The summed E-state index contributed by atoms with van der Waals surface area (Å²) in [7, 11) is 0. The Morgan fingerprint density at radius 3 is 2.29 bits per heavy atom. The number of aryl methyl sites for hydroxylation is 1. The fourth-order valence-electron chi connectivity index (χ4n) is 1.91. The first-order chi connectivity index (χ1) is 6.54. The molecule has 2 nitrogen and oxygen atoms in total. The highest BCUT2D eigenvalue weighted by Crippen LogP contribution is 2.33. The third-order valence-corrected chi connectivity index (χ3v) is 3.24. The van der Waals surface area contributed by atoms with Gasteiger partial charge in [0, 0.05) is 0 Å². The van der Waals surface area contributed by atoms with Crippen molar-refractivity contribution in [3.63, 3.8) is 0 Å². The molecule has 1 saturated heterocycles. The van der Waals surface area contributed by atoms with Crippen molar-refractivity contribution in [1.29, 1.82) is 0 Å². The summed E-state index contributed by atoms with van der Waals surface area (Å²) in [6.07, 6.45) is 0. The van der Waals surface area contributed by atoms with Crippen LogP contribution in [-0.2, 0) is 10.3 Å². The lowest BCUT2D eigenvalue weighted by Crippen LogP contribution is -2.47. The molecule has 0 bridgehead atoms. The van der Waals surface area contributed by atoms with E-state index in [4.69, 9.17) is 4.74 Å². The van der Waals surface area contributed by atoms with Crippen molar-refractivity contribution in [2.24, 2.45) is 0 Å². The predicted molar refractivity (Wildman–Crippen MR) is 55.4 cm³/mol. The molecule has 0 spiro atoms. The second kappa shape index (κ2) is 3.07. The number of aliphatic hydroxyl groups is 1. The smallest absolute Gasteiger partial charge is 0.136 e. The van der Waals surface area contributed by atoms with Crippen LogP contribution in [0.1, 0.15) is 22.3 Å². The molecule has 1 aromatic rings. The lowest BCUT2D eigenvalue weighted by molar-refractivity contribution is -0.185. The zero-order valence-corrected chi connectivity index (χ0v) is 8.92. The highest BCUT2D eigenvalue weighted by atomic mass is 16.5. The van der Waals surface area contributed by atoms with Gasteiger partial charge < -0.3 is 9.84 Å². The summed E-state index contributed by atoms with van der Waals surface area (Å²) < 4.78 is 5.07. The molecule has 0 saturated carbocycles. The molecule has 0 aliphatic carbocycles. The number of ether oxygens (including phenoxy) is 1. The van der Waals surface area contributed by atoms with E-state index in [0.29, 0.717) is 13.2 Å². The van der Waals surface area contributed by atoms with Gasteiger partial charge >= 0.3 is 0 Å². The molecule has 2 heteroatoms. The molecule has 1 aliphatic rings. The fourth-order valence-corrected chi connectivity index (χ4v) is 1.91. The van der Waals surface area contributed by atoms with Gasteiger partial charge in [-0.05, 0) is 43.0 Å². The van der Waals surface area contributed by atoms with E-state index in [-0.39, 0.29) is 0 Å². The van der Waals surface area contributed by atoms with Crippen molar-refractivity contribution in [1.82, 2.24) is 0 Å². The summed E-state index contributed by atoms with van der Waals surface area (Å²) in [5, 5.41) is 10.2. The number of hydrogen-bond acceptors (Lipinski definition) is 2. The second-order valence-corrected chi connectivity index (χ2v) is 4.20. The topological polar surface area (TPSA) is 29.5 Å². The standard InChI is InChI=1S/C12H16O2/c1-8-4-5-11(10(3)9(8)2)12(13)6-14-7-12/h4-5,13H,6-7H2,1-3H3. The minimum Gasteiger partial charge on any atom is -0.380 e. The quantitative estimate of drug-likeness (QED) is 0.735. The van der Waals surface area contributed by atoms with Crippen molar-refractivity contribution < 1.29 is 9.84 Å². The fraction of sp³-hybridized carbons (Fsp3) is 0.500. The number of hydrogen-bond donors (Lipinski definition) is 1. The van der Waals surface area contributed by atoms with Crippen molar-refractivity contribution in [3.05, 3.63) is 34.4 Å². The maximum atomic E-state index is 10.2. The Bertz CT molecular complexity index is 365. The van der Waals surface area contributed by atoms with Crippen LogP contribution in [0.2, 0.25) is 0 Å². The van der Waals surface area contributed by atoms with Crippen LogP contribution in [0.3, 0.4) is 0 Å². The average Bonchev–Trinajstić information content (AvgIpc) is 2.11. The van der Waals surface area contributed by atoms with Crippen LogP contribution < -0.4 is 0 Å².